The fourth-order valence-electron chi connectivity index (χ4n) is 1.83. The number of hydrogen-bond donors (Lipinski definition) is 0. The summed E-state index contributed by atoms with van der Waals surface area (Å²) in [7, 11) is 7.25. The highest BCUT2D eigenvalue weighted by molar-refractivity contribution is 9.10. The molecule has 20 heavy (non-hydrogen) atoms. The van der Waals surface area contributed by atoms with Crippen LogP contribution in [-0.4, -0.2) is 41.8 Å². The summed E-state index contributed by atoms with van der Waals surface area (Å²) < 4.78 is 2.43. The number of anilines is 2. The number of pyridine rings is 1. The maximum absolute atomic E-state index is 12.6. The zero-order chi connectivity index (χ0) is 14.9. The van der Waals surface area contributed by atoms with Crippen molar-refractivity contribution in [3.05, 3.63) is 34.7 Å². The zero-order valence-electron chi connectivity index (χ0n) is 11.8. The molecule has 0 bridgehead atoms. The van der Waals surface area contributed by atoms with Crippen molar-refractivity contribution in [3.63, 3.8) is 0 Å². The van der Waals surface area contributed by atoms with Crippen LogP contribution in [0.1, 0.15) is 10.4 Å². The van der Waals surface area contributed by atoms with Gasteiger partial charge in [0.25, 0.3) is 5.91 Å². The second kappa shape index (κ2) is 5.62. The molecular weight excluding hydrogens is 322 g/mol. The van der Waals surface area contributed by atoms with Gasteiger partial charge in [-0.25, -0.2) is 4.98 Å². The van der Waals surface area contributed by atoms with Crippen molar-refractivity contribution in [2.45, 2.75) is 0 Å². The van der Waals surface area contributed by atoms with Crippen molar-refractivity contribution in [2.75, 3.05) is 30.9 Å². The monoisotopic (exact) mass is 337 g/mol. The molecule has 0 spiro atoms. The molecule has 106 valence electrons. The van der Waals surface area contributed by atoms with E-state index in [1.165, 1.54) is 0 Å². The number of halogens is 1. The average Bonchev–Trinajstić information content (AvgIpc) is 2.83. The summed E-state index contributed by atoms with van der Waals surface area (Å²) in [4.78, 5) is 20.3. The van der Waals surface area contributed by atoms with Crippen molar-refractivity contribution in [3.8, 4) is 0 Å². The van der Waals surface area contributed by atoms with Crippen LogP contribution < -0.4 is 9.80 Å². The summed E-state index contributed by atoms with van der Waals surface area (Å²) in [6.45, 7) is 0. The van der Waals surface area contributed by atoms with E-state index in [1.807, 2.05) is 26.0 Å². The van der Waals surface area contributed by atoms with E-state index in [0.717, 1.165) is 10.2 Å². The van der Waals surface area contributed by atoms with Crippen molar-refractivity contribution >= 4 is 33.3 Å². The molecule has 0 aliphatic heterocycles. The summed E-state index contributed by atoms with van der Waals surface area (Å²) in [5.74, 6) is 0.504. The number of carbonyl (C=O) groups excluding carboxylic acids is 1. The number of aromatic nitrogens is 3. The second-order valence-electron chi connectivity index (χ2n) is 4.66. The van der Waals surface area contributed by atoms with Gasteiger partial charge in [-0.05, 0) is 22.0 Å². The first kappa shape index (κ1) is 14.5. The van der Waals surface area contributed by atoms with Gasteiger partial charge in [0.05, 0.1) is 17.4 Å². The van der Waals surface area contributed by atoms with Crippen molar-refractivity contribution in [1.29, 1.82) is 0 Å². The third kappa shape index (κ3) is 2.82. The smallest absolute Gasteiger partial charge is 0.261 e. The van der Waals surface area contributed by atoms with Crippen LogP contribution in [0.3, 0.4) is 0 Å². The number of amides is 1. The standard InChI is InChI=1S/C13H16BrN5O/c1-17(2)12-11(5-9(14)6-15-12)13(20)19(4)10-7-16-18(3)8-10/h5-8H,1-4H3. The maximum Gasteiger partial charge on any atom is 0.261 e. The number of nitrogens with zero attached hydrogens (tertiary/aromatic N) is 5. The highest BCUT2D eigenvalue weighted by atomic mass is 79.9. The molecular formula is C13H16BrN5O. The van der Waals surface area contributed by atoms with Gasteiger partial charge in [0, 0.05) is 45.1 Å². The van der Waals surface area contributed by atoms with Crippen LogP contribution in [0.15, 0.2) is 29.1 Å². The van der Waals surface area contributed by atoms with Gasteiger partial charge in [0.15, 0.2) is 0 Å². The summed E-state index contributed by atoms with van der Waals surface area (Å²) in [6, 6.07) is 1.78. The minimum atomic E-state index is -0.129. The van der Waals surface area contributed by atoms with Gasteiger partial charge in [0.2, 0.25) is 0 Å². The van der Waals surface area contributed by atoms with Crippen molar-refractivity contribution in [1.82, 2.24) is 14.8 Å². The SMILES string of the molecule is CN(C)c1ncc(Br)cc1C(=O)N(C)c1cnn(C)c1. The first-order valence-electron chi connectivity index (χ1n) is 5.99. The molecule has 2 aromatic rings. The largest absolute Gasteiger partial charge is 0.362 e. The summed E-state index contributed by atoms with van der Waals surface area (Å²) in [5, 5.41) is 4.08. The van der Waals surface area contributed by atoms with E-state index in [0.29, 0.717) is 11.4 Å². The first-order valence-corrected chi connectivity index (χ1v) is 6.79. The lowest BCUT2D eigenvalue weighted by Crippen LogP contribution is -2.28. The first-order chi connectivity index (χ1) is 9.40. The molecule has 0 aliphatic rings. The van der Waals surface area contributed by atoms with Gasteiger partial charge in [-0.2, -0.15) is 5.10 Å². The van der Waals surface area contributed by atoms with Gasteiger partial charge in [-0.1, -0.05) is 0 Å². The molecule has 0 atom stereocenters. The lowest BCUT2D eigenvalue weighted by molar-refractivity contribution is 0.0993. The average molecular weight is 338 g/mol. The van der Waals surface area contributed by atoms with Crippen molar-refractivity contribution in [2.24, 2.45) is 7.05 Å². The van der Waals surface area contributed by atoms with E-state index >= 15 is 0 Å². The third-order valence-corrected chi connectivity index (χ3v) is 3.30. The predicted molar refractivity (Wildman–Crippen MR) is 82.2 cm³/mol. The molecule has 0 aromatic carbocycles. The molecule has 7 heteroatoms. The highest BCUT2D eigenvalue weighted by Gasteiger charge is 2.20. The maximum atomic E-state index is 12.6. The van der Waals surface area contributed by atoms with E-state index in [4.69, 9.17) is 0 Å². The van der Waals surface area contributed by atoms with Crippen LogP contribution in [0.4, 0.5) is 11.5 Å². The number of aryl methyl sites for hydroxylation is 1. The van der Waals surface area contributed by atoms with Crippen LogP contribution in [0, 0.1) is 0 Å². The number of hydrogen-bond acceptors (Lipinski definition) is 4. The molecule has 6 nitrogen and oxygen atoms in total. The Morgan fingerprint density at radius 3 is 2.55 bits per heavy atom. The summed E-state index contributed by atoms with van der Waals surface area (Å²) in [5.41, 5.74) is 1.28. The minimum absolute atomic E-state index is 0.129. The van der Waals surface area contributed by atoms with E-state index in [2.05, 4.69) is 26.0 Å². The molecule has 2 rings (SSSR count). The van der Waals surface area contributed by atoms with E-state index in [9.17, 15) is 4.79 Å². The molecule has 0 unspecified atom stereocenters. The summed E-state index contributed by atoms with van der Waals surface area (Å²) >= 11 is 3.35. The topological polar surface area (TPSA) is 54.3 Å². The Morgan fingerprint density at radius 2 is 2.00 bits per heavy atom. The zero-order valence-corrected chi connectivity index (χ0v) is 13.4. The molecule has 0 N–H and O–H groups in total. The third-order valence-electron chi connectivity index (χ3n) is 2.87. The minimum Gasteiger partial charge on any atom is -0.362 e. The normalized spacial score (nSPS) is 10.4. The van der Waals surface area contributed by atoms with Gasteiger partial charge in [0.1, 0.15) is 5.82 Å². The van der Waals surface area contributed by atoms with Crippen LogP contribution >= 0.6 is 15.9 Å². The van der Waals surface area contributed by atoms with E-state index < -0.39 is 0 Å². The van der Waals surface area contributed by atoms with Gasteiger partial charge >= 0.3 is 0 Å². The van der Waals surface area contributed by atoms with Gasteiger partial charge < -0.3 is 9.80 Å². The second-order valence-corrected chi connectivity index (χ2v) is 5.57. The molecule has 0 radical (unpaired) electrons. The van der Waals surface area contributed by atoms with Crippen LogP contribution in [0.2, 0.25) is 0 Å². The lowest BCUT2D eigenvalue weighted by Gasteiger charge is -2.20. The Hall–Kier alpha value is -1.89. The molecule has 0 saturated carbocycles. The molecule has 0 saturated heterocycles. The Morgan fingerprint density at radius 1 is 1.30 bits per heavy atom. The van der Waals surface area contributed by atoms with Crippen molar-refractivity contribution < 1.29 is 4.79 Å². The van der Waals surface area contributed by atoms with E-state index in [1.54, 1.807) is 41.3 Å². The summed E-state index contributed by atoms with van der Waals surface area (Å²) in [6.07, 6.45) is 5.12. The highest BCUT2D eigenvalue weighted by Crippen LogP contribution is 2.23. The quantitative estimate of drug-likeness (QED) is 0.858. The van der Waals surface area contributed by atoms with Crippen LogP contribution in [0.5, 0.6) is 0 Å². The van der Waals surface area contributed by atoms with E-state index in [-0.39, 0.29) is 5.91 Å². The van der Waals surface area contributed by atoms with Crippen LogP contribution in [0.25, 0.3) is 0 Å². The predicted octanol–water partition coefficient (Wildman–Crippen LogP) is 1.92. The molecule has 2 heterocycles. The lowest BCUT2D eigenvalue weighted by atomic mass is 10.2. The Balaban J connectivity index is 2.40. The Labute approximate surface area is 126 Å². The van der Waals surface area contributed by atoms with Crippen LogP contribution in [-0.2, 0) is 7.05 Å². The Bertz CT molecular complexity index is 637. The van der Waals surface area contributed by atoms with Gasteiger partial charge in [-0.15, -0.1) is 0 Å². The Kier molecular flexibility index (Phi) is 4.08. The number of rotatable bonds is 3. The fraction of sp³-hybridized carbons (Fsp3) is 0.308. The molecule has 2 aromatic heterocycles. The van der Waals surface area contributed by atoms with Gasteiger partial charge in [-0.3, -0.25) is 9.48 Å². The molecule has 0 fully saturated rings. The molecule has 0 aliphatic carbocycles. The molecule has 1 amide bonds. The number of carbonyl (C=O) groups is 1. The fourth-order valence-corrected chi connectivity index (χ4v) is 2.16.